The van der Waals surface area contributed by atoms with Gasteiger partial charge in [-0.15, -0.1) is 0 Å². The molecular weight excluding hydrogens is 268 g/mol. The van der Waals surface area contributed by atoms with Crippen LogP contribution in [0.2, 0.25) is 0 Å². The lowest BCUT2D eigenvalue weighted by Gasteiger charge is -2.16. The molecule has 6 nitrogen and oxygen atoms in total. The van der Waals surface area contributed by atoms with E-state index in [0.717, 1.165) is 5.56 Å². The largest absolute Gasteiger partial charge is 0.352 e. The van der Waals surface area contributed by atoms with E-state index in [-0.39, 0.29) is 17.5 Å². The van der Waals surface area contributed by atoms with Gasteiger partial charge in [-0.2, -0.15) is 5.10 Å². The summed E-state index contributed by atoms with van der Waals surface area (Å²) < 4.78 is 1.19. The molecule has 1 amide bonds. The Morgan fingerprint density at radius 3 is 2.62 bits per heavy atom. The highest BCUT2D eigenvalue weighted by atomic mass is 16.2. The molecule has 0 aromatic carbocycles. The number of amides is 1. The molecule has 0 aliphatic carbocycles. The predicted molar refractivity (Wildman–Crippen MR) is 79.7 cm³/mol. The summed E-state index contributed by atoms with van der Waals surface area (Å²) >= 11 is 0. The van der Waals surface area contributed by atoms with Gasteiger partial charge < -0.3 is 5.32 Å². The fraction of sp³-hybridized carbons (Fsp3) is 0.333. The van der Waals surface area contributed by atoms with Gasteiger partial charge >= 0.3 is 0 Å². The molecule has 2 aromatic heterocycles. The highest BCUT2D eigenvalue weighted by Gasteiger charge is 2.18. The van der Waals surface area contributed by atoms with Gasteiger partial charge in [0.1, 0.15) is 6.04 Å². The van der Waals surface area contributed by atoms with Crippen molar-refractivity contribution in [2.45, 2.75) is 32.9 Å². The third-order valence-corrected chi connectivity index (χ3v) is 2.96. The summed E-state index contributed by atoms with van der Waals surface area (Å²) in [6.07, 6.45) is 3.33. The van der Waals surface area contributed by atoms with Gasteiger partial charge in [-0.05, 0) is 39.0 Å². The number of carbonyl (C=O) groups excluding carboxylic acids is 1. The zero-order valence-electron chi connectivity index (χ0n) is 12.3. The maximum atomic E-state index is 12.0. The Hall–Kier alpha value is -2.50. The number of hydrogen-bond acceptors (Lipinski definition) is 4. The van der Waals surface area contributed by atoms with E-state index in [0.29, 0.717) is 5.69 Å². The summed E-state index contributed by atoms with van der Waals surface area (Å²) in [5.74, 6) is -0.233. The van der Waals surface area contributed by atoms with E-state index < -0.39 is 6.04 Å². The molecule has 2 aromatic rings. The molecule has 21 heavy (non-hydrogen) atoms. The second-order valence-corrected chi connectivity index (χ2v) is 5.08. The van der Waals surface area contributed by atoms with Crippen LogP contribution in [0.3, 0.4) is 0 Å². The Labute approximate surface area is 122 Å². The minimum atomic E-state index is -0.670. The van der Waals surface area contributed by atoms with Crippen molar-refractivity contribution in [1.29, 1.82) is 0 Å². The number of carbonyl (C=O) groups is 1. The van der Waals surface area contributed by atoms with E-state index >= 15 is 0 Å². The first kappa shape index (κ1) is 14.9. The van der Waals surface area contributed by atoms with E-state index in [9.17, 15) is 9.59 Å². The van der Waals surface area contributed by atoms with Gasteiger partial charge in [0, 0.05) is 30.1 Å². The fourth-order valence-electron chi connectivity index (χ4n) is 1.89. The Morgan fingerprint density at radius 2 is 2.00 bits per heavy atom. The average Bonchev–Trinajstić information content (AvgIpc) is 2.47. The molecule has 0 spiro atoms. The van der Waals surface area contributed by atoms with Crippen LogP contribution in [-0.4, -0.2) is 26.7 Å². The number of nitrogens with zero attached hydrogens (tertiary/aromatic N) is 3. The molecule has 0 radical (unpaired) electrons. The van der Waals surface area contributed by atoms with Crippen LogP contribution in [0.5, 0.6) is 0 Å². The lowest BCUT2D eigenvalue weighted by molar-refractivity contribution is -0.124. The summed E-state index contributed by atoms with van der Waals surface area (Å²) in [6.45, 7) is 5.39. The summed E-state index contributed by atoms with van der Waals surface area (Å²) in [5.41, 5.74) is 1.09. The fourth-order valence-corrected chi connectivity index (χ4v) is 1.89. The zero-order chi connectivity index (χ0) is 15.4. The van der Waals surface area contributed by atoms with Crippen molar-refractivity contribution in [1.82, 2.24) is 20.1 Å². The molecule has 1 atom stereocenters. The predicted octanol–water partition coefficient (Wildman–Crippen LogP) is 1.39. The lowest BCUT2D eigenvalue weighted by Crippen LogP contribution is -2.39. The van der Waals surface area contributed by atoms with E-state index in [2.05, 4.69) is 15.4 Å². The van der Waals surface area contributed by atoms with Crippen LogP contribution in [-0.2, 0) is 4.79 Å². The molecular formula is C15H18N4O2. The van der Waals surface area contributed by atoms with Crippen molar-refractivity contribution in [3.8, 4) is 11.3 Å². The number of aromatic nitrogens is 3. The molecule has 0 bridgehead atoms. The molecule has 0 fully saturated rings. The second-order valence-electron chi connectivity index (χ2n) is 5.08. The van der Waals surface area contributed by atoms with Crippen LogP contribution < -0.4 is 10.9 Å². The molecule has 0 saturated carbocycles. The van der Waals surface area contributed by atoms with Crippen LogP contribution in [0.4, 0.5) is 0 Å². The van der Waals surface area contributed by atoms with Gasteiger partial charge in [-0.25, -0.2) is 4.68 Å². The molecule has 0 aliphatic rings. The van der Waals surface area contributed by atoms with Crippen molar-refractivity contribution in [2.24, 2.45) is 0 Å². The third kappa shape index (κ3) is 3.53. The first-order valence-corrected chi connectivity index (χ1v) is 6.79. The summed E-state index contributed by atoms with van der Waals surface area (Å²) in [6, 6.07) is 6.02. The van der Waals surface area contributed by atoms with Crippen LogP contribution in [0.15, 0.2) is 41.5 Å². The minimum Gasteiger partial charge on any atom is -0.352 e. The van der Waals surface area contributed by atoms with Crippen LogP contribution in [0.25, 0.3) is 11.3 Å². The zero-order valence-corrected chi connectivity index (χ0v) is 12.3. The molecule has 2 heterocycles. The van der Waals surface area contributed by atoms with Gasteiger partial charge in [0.2, 0.25) is 5.91 Å². The lowest BCUT2D eigenvalue weighted by atomic mass is 10.2. The van der Waals surface area contributed by atoms with Gasteiger partial charge in [-0.3, -0.25) is 14.6 Å². The molecule has 110 valence electrons. The maximum absolute atomic E-state index is 12.0. The molecule has 0 aliphatic heterocycles. The smallest absolute Gasteiger partial charge is 0.267 e. The molecule has 2 rings (SSSR count). The Kier molecular flexibility index (Phi) is 4.47. The van der Waals surface area contributed by atoms with E-state index in [4.69, 9.17) is 0 Å². The monoisotopic (exact) mass is 286 g/mol. The van der Waals surface area contributed by atoms with Crippen molar-refractivity contribution >= 4 is 5.91 Å². The maximum Gasteiger partial charge on any atom is 0.267 e. The summed E-state index contributed by atoms with van der Waals surface area (Å²) in [4.78, 5) is 28.0. The molecule has 1 unspecified atom stereocenters. The molecule has 1 N–H and O–H groups in total. The summed E-state index contributed by atoms with van der Waals surface area (Å²) in [7, 11) is 0. The van der Waals surface area contributed by atoms with Crippen LogP contribution in [0, 0.1) is 0 Å². The first-order chi connectivity index (χ1) is 9.99. The summed E-state index contributed by atoms with van der Waals surface area (Å²) in [5, 5.41) is 7.05. The van der Waals surface area contributed by atoms with E-state index in [1.54, 1.807) is 31.5 Å². The van der Waals surface area contributed by atoms with Crippen LogP contribution >= 0.6 is 0 Å². The van der Waals surface area contributed by atoms with Gasteiger partial charge in [0.15, 0.2) is 0 Å². The first-order valence-electron chi connectivity index (χ1n) is 6.79. The second kappa shape index (κ2) is 6.30. The highest BCUT2D eigenvalue weighted by molar-refractivity contribution is 5.80. The van der Waals surface area contributed by atoms with Gasteiger partial charge in [0.05, 0.1) is 5.69 Å². The highest BCUT2D eigenvalue weighted by Crippen LogP contribution is 2.14. The van der Waals surface area contributed by atoms with Crippen molar-refractivity contribution < 1.29 is 4.79 Å². The number of hydrogen-bond donors (Lipinski definition) is 1. The Bertz CT molecular complexity index is 680. The van der Waals surface area contributed by atoms with Crippen molar-refractivity contribution in [2.75, 3.05) is 0 Å². The quantitative estimate of drug-likeness (QED) is 0.921. The minimum absolute atomic E-state index is 0.0113. The van der Waals surface area contributed by atoms with Gasteiger partial charge in [0.25, 0.3) is 5.56 Å². The molecule has 6 heteroatoms. The van der Waals surface area contributed by atoms with E-state index in [1.165, 1.54) is 10.7 Å². The molecule has 0 saturated heterocycles. The average molecular weight is 286 g/mol. The number of rotatable bonds is 4. The van der Waals surface area contributed by atoms with Crippen LogP contribution in [0.1, 0.15) is 26.8 Å². The van der Waals surface area contributed by atoms with E-state index in [1.807, 2.05) is 19.9 Å². The SMILES string of the molecule is CC(C)NC(=O)C(C)n1nc(-c2cccnc2)ccc1=O. The van der Waals surface area contributed by atoms with Gasteiger partial charge in [-0.1, -0.05) is 0 Å². The number of pyridine rings is 1. The third-order valence-electron chi connectivity index (χ3n) is 2.96. The van der Waals surface area contributed by atoms with Crippen molar-refractivity contribution in [3.63, 3.8) is 0 Å². The number of nitrogens with one attached hydrogen (secondary N) is 1. The van der Waals surface area contributed by atoms with Crippen molar-refractivity contribution in [3.05, 3.63) is 47.0 Å². The standard InChI is InChI=1S/C15H18N4O2/c1-10(2)17-15(21)11(3)19-14(20)7-6-13(18-19)12-5-4-8-16-9-12/h4-11H,1-3H3,(H,17,21). The topological polar surface area (TPSA) is 76.9 Å². The Morgan fingerprint density at radius 1 is 1.24 bits per heavy atom. The Balaban J connectivity index is 2.36. The normalized spacial score (nSPS) is 12.2.